The number of hydrogen-bond donors (Lipinski definition) is 1. The number of nitrogens with two attached hydrogens (primary N) is 1. The fraction of sp³-hybridized carbons (Fsp3) is 0.600. The maximum atomic E-state index is 6.46. The first-order valence-electron chi connectivity index (χ1n) is 6.68. The molecule has 0 radical (unpaired) electrons. The molecule has 0 amide bonds. The minimum Gasteiger partial charge on any atom is -0.322 e. The van der Waals surface area contributed by atoms with E-state index in [1.54, 1.807) is 0 Å². The predicted octanol–water partition coefficient (Wildman–Crippen LogP) is 3.37. The fourth-order valence-electron chi connectivity index (χ4n) is 2.74. The predicted molar refractivity (Wildman–Crippen MR) is 80.1 cm³/mol. The second kappa shape index (κ2) is 6.55. The monoisotopic (exact) mass is 268 g/mol. The zero-order chi connectivity index (χ0) is 12.3. The molecule has 1 aromatic carbocycles. The Morgan fingerprint density at radius 3 is 2.17 bits per heavy atom. The molecule has 1 aliphatic heterocycles. The van der Waals surface area contributed by atoms with Crippen molar-refractivity contribution >= 4 is 12.4 Å². The molecule has 1 unspecified atom stereocenters. The van der Waals surface area contributed by atoms with Gasteiger partial charge in [-0.3, -0.25) is 4.90 Å². The first-order valence-corrected chi connectivity index (χ1v) is 6.68. The summed E-state index contributed by atoms with van der Waals surface area (Å²) in [4.78, 5) is 2.55. The van der Waals surface area contributed by atoms with Crippen LogP contribution in [-0.2, 0) is 0 Å². The Kier molecular flexibility index (Phi) is 5.64. The second-order valence-corrected chi connectivity index (χ2v) is 5.59. The Morgan fingerprint density at radius 2 is 1.61 bits per heavy atom. The normalized spacial score (nSPS) is 19.1. The fourth-order valence-corrected chi connectivity index (χ4v) is 2.74. The largest absolute Gasteiger partial charge is 0.322 e. The average Bonchev–Trinajstić information content (AvgIpc) is 2.40. The highest BCUT2D eigenvalue weighted by molar-refractivity contribution is 5.85. The van der Waals surface area contributed by atoms with E-state index in [1.165, 1.54) is 37.9 Å². The molecule has 1 heterocycles. The SMILES string of the molecule is CC(C)(C(N)c1ccccc1)N1CCCCC1.Cl. The van der Waals surface area contributed by atoms with Crippen molar-refractivity contribution < 1.29 is 0 Å². The molecule has 0 bridgehead atoms. The third kappa shape index (κ3) is 3.25. The third-order valence-electron chi connectivity index (χ3n) is 4.09. The molecule has 1 fully saturated rings. The second-order valence-electron chi connectivity index (χ2n) is 5.59. The van der Waals surface area contributed by atoms with Crippen LogP contribution in [0, 0.1) is 0 Å². The first-order chi connectivity index (χ1) is 8.12. The van der Waals surface area contributed by atoms with E-state index >= 15 is 0 Å². The van der Waals surface area contributed by atoms with Crippen molar-refractivity contribution in [3.63, 3.8) is 0 Å². The van der Waals surface area contributed by atoms with Gasteiger partial charge in [-0.15, -0.1) is 12.4 Å². The molecule has 1 saturated heterocycles. The summed E-state index contributed by atoms with van der Waals surface area (Å²) in [7, 11) is 0. The lowest BCUT2D eigenvalue weighted by molar-refractivity contribution is 0.0730. The smallest absolute Gasteiger partial charge is 0.0476 e. The lowest BCUT2D eigenvalue weighted by Crippen LogP contribution is -2.53. The van der Waals surface area contributed by atoms with Gasteiger partial charge in [-0.25, -0.2) is 0 Å². The lowest BCUT2D eigenvalue weighted by Gasteiger charge is -2.44. The number of halogens is 1. The number of rotatable bonds is 3. The molecule has 0 saturated carbocycles. The van der Waals surface area contributed by atoms with Gasteiger partial charge in [0, 0.05) is 11.6 Å². The Hall–Kier alpha value is -0.570. The van der Waals surface area contributed by atoms with Crippen LogP contribution in [0.5, 0.6) is 0 Å². The molecule has 2 N–H and O–H groups in total. The van der Waals surface area contributed by atoms with Gasteiger partial charge in [0.25, 0.3) is 0 Å². The number of likely N-dealkylation sites (tertiary alicyclic amines) is 1. The Balaban J connectivity index is 0.00000162. The first kappa shape index (κ1) is 15.5. The van der Waals surface area contributed by atoms with E-state index in [4.69, 9.17) is 5.73 Å². The van der Waals surface area contributed by atoms with Gasteiger partial charge in [-0.2, -0.15) is 0 Å². The standard InChI is InChI=1S/C15H24N2.ClH/c1-15(2,17-11-7-4-8-12-17)14(16)13-9-5-3-6-10-13;/h3,5-6,9-10,14H,4,7-8,11-12,16H2,1-2H3;1H. The van der Waals surface area contributed by atoms with E-state index in [-0.39, 0.29) is 24.0 Å². The van der Waals surface area contributed by atoms with E-state index in [2.05, 4.69) is 43.0 Å². The van der Waals surface area contributed by atoms with E-state index in [0.29, 0.717) is 0 Å². The van der Waals surface area contributed by atoms with Gasteiger partial charge in [-0.1, -0.05) is 36.8 Å². The summed E-state index contributed by atoms with van der Waals surface area (Å²) in [5.41, 5.74) is 7.74. The molecule has 18 heavy (non-hydrogen) atoms. The van der Waals surface area contributed by atoms with Crippen LogP contribution in [0.2, 0.25) is 0 Å². The summed E-state index contributed by atoms with van der Waals surface area (Å²) >= 11 is 0. The van der Waals surface area contributed by atoms with Crippen molar-refractivity contribution in [1.82, 2.24) is 4.90 Å². The highest BCUT2D eigenvalue weighted by atomic mass is 35.5. The minimum absolute atomic E-state index is 0. The summed E-state index contributed by atoms with van der Waals surface area (Å²) in [5.74, 6) is 0. The number of piperidine rings is 1. The van der Waals surface area contributed by atoms with Gasteiger partial charge < -0.3 is 5.73 Å². The molecule has 0 aliphatic carbocycles. The van der Waals surface area contributed by atoms with Gasteiger partial charge in [0.1, 0.15) is 0 Å². The Morgan fingerprint density at radius 1 is 1.06 bits per heavy atom. The number of hydrogen-bond acceptors (Lipinski definition) is 2. The van der Waals surface area contributed by atoms with Gasteiger partial charge in [-0.05, 0) is 45.3 Å². The van der Waals surface area contributed by atoms with Gasteiger partial charge >= 0.3 is 0 Å². The topological polar surface area (TPSA) is 29.3 Å². The average molecular weight is 269 g/mol. The van der Waals surface area contributed by atoms with Crippen molar-refractivity contribution in [3.05, 3.63) is 35.9 Å². The highest BCUT2D eigenvalue weighted by Gasteiger charge is 2.34. The van der Waals surface area contributed by atoms with Crippen LogP contribution < -0.4 is 5.73 Å². The van der Waals surface area contributed by atoms with Crippen molar-refractivity contribution in [2.75, 3.05) is 13.1 Å². The molecule has 2 rings (SSSR count). The summed E-state index contributed by atoms with van der Waals surface area (Å²) in [5, 5.41) is 0. The maximum Gasteiger partial charge on any atom is 0.0476 e. The molecule has 0 aromatic heterocycles. The van der Waals surface area contributed by atoms with E-state index in [0.717, 1.165) is 0 Å². The van der Waals surface area contributed by atoms with Crippen molar-refractivity contribution in [1.29, 1.82) is 0 Å². The van der Waals surface area contributed by atoms with Crippen molar-refractivity contribution in [3.8, 4) is 0 Å². The van der Waals surface area contributed by atoms with Gasteiger partial charge in [0.2, 0.25) is 0 Å². The van der Waals surface area contributed by atoms with E-state index < -0.39 is 0 Å². The Labute approximate surface area is 117 Å². The number of nitrogens with zero attached hydrogens (tertiary/aromatic N) is 1. The number of benzene rings is 1. The van der Waals surface area contributed by atoms with E-state index in [9.17, 15) is 0 Å². The van der Waals surface area contributed by atoms with Gasteiger partial charge in [0.05, 0.1) is 0 Å². The van der Waals surface area contributed by atoms with Crippen LogP contribution in [0.25, 0.3) is 0 Å². The molecule has 1 aromatic rings. The molecule has 1 aliphatic rings. The zero-order valence-electron chi connectivity index (χ0n) is 11.4. The summed E-state index contributed by atoms with van der Waals surface area (Å²) in [6.07, 6.45) is 3.99. The van der Waals surface area contributed by atoms with Crippen molar-refractivity contribution in [2.45, 2.75) is 44.7 Å². The van der Waals surface area contributed by atoms with E-state index in [1.807, 2.05) is 6.07 Å². The summed E-state index contributed by atoms with van der Waals surface area (Å²) in [6.45, 7) is 6.92. The van der Waals surface area contributed by atoms with Crippen LogP contribution in [0.15, 0.2) is 30.3 Å². The molecule has 3 heteroatoms. The third-order valence-corrected chi connectivity index (χ3v) is 4.09. The molecule has 102 valence electrons. The summed E-state index contributed by atoms with van der Waals surface area (Å²) in [6, 6.07) is 10.5. The molecular formula is C15H25ClN2. The molecular weight excluding hydrogens is 244 g/mol. The Bertz CT molecular complexity index is 345. The van der Waals surface area contributed by atoms with Crippen LogP contribution in [0.1, 0.15) is 44.7 Å². The highest BCUT2D eigenvalue weighted by Crippen LogP contribution is 2.31. The van der Waals surface area contributed by atoms with Crippen molar-refractivity contribution in [2.24, 2.45) is 5.73 Å². The molecule has 0 spiro atoms. The quantitative estimate of drug-likeness (QED) is 0.911. The van der Waals surface area contributed by atoms with Crippen LogP contribution in [-0.4, -0.2) is 23.5 Å². The van der Waals surface area contributed by atoms with Crippen LogP contribution in [0.3, 0.4) is 0 Å². The lowest BCUT2D eigenvalue weighted by atomic mass is 9.86. The zero-order valence-corrected chi connectivity index (χ0v) is 12.2. The minimum atomic E-state index is 0. The maximum absolute atomic E-state index is 6.46. The van der Waals surface area contributed by atoms with Gasteiger partial charge in [0.15, 0.2) is 0 Å². The molecule has 1 atom stereocenters. The van der Waals surface area contributed by atoms with Crippen LogP contribution >= 0.6 is 12.4 Å². The molecule has 2 nitrogen and oxygen atoms in total. The van der Waals surface area contributed by atoms with Crippen LogP contribution in [0.4, 0.5) is 0 Å². The summed E-state index contributed by atoms with van der Waals surface area (Å²) < 4.78 is 0.